The topological polar surface area (TPSA) is 70.7 Å². The Kier molecular flexibility index (Phi) is 5.79. The monoisotopic (exact) mass is 283 g/mol. The summed E-state index contributed by atoms with van der Waals surface area (Å²) in [5.74, 6) is 0.889. The number of hydrogen-bond donors (Lipinski definition) is 2. The highest BCUT2D eigenvalue weighted by atomic mass is 16.5. The number of rotatable bonds is 7. The molecule has 1 aliphatic heterocycles. The SMILES string of the molecule is COCC(=O)NC1CCN(C(=O)CNCC2CC2)CC1. The van der Waals surface area contributed by atoms with Gasteiger partial charge in [0.1, 0.15) is 6.61 Å². The van der Waals surface area contributed by atoms with Crippen LogP contribution in [0.5, 0.6) is 0 Å². The summed E-state index contributed by atoms with van der Waals surface area (Å²) in [5.41, 5.74) is 0. The van der Waals surface area contributed by atoms with Crippen LogP contribution in [0.25, 0.3) is 0 Å². The van der Waals surface area contributed by atoms with Gasteiger partial charge in [0.2, 0.25) is 11.8 Å². The van der Waals surface area contributed by atoms with Crippen molar-refractivity contribution in [3.8, 4) is 0 Å². The summed E-state index contributed by atoms with van der Waals surface area (Å²) < 4.78 is 4.79. The van der Waals surface area contributed by atoms with Crippen molar-refractivity contribution in [3.05, 3.63) is 0 Å². The molecule has 0 radical (unpaired) electrons. The lowest BCUT2D eigenvalue weighted by atomic mass is 10.0. The molecule has 1 heterocycles. The molecule has 114 valence electrons. The van der Waals surface area contributed by atoms with E-state index < -0.39 is 0 Å². The molecule has 0 aromatic carbocycles. The van der Waals surface area contributed by atoms with Crippen molar-refractivity contribution in [3.63, 3.8) is 0 Å². The molecule has 0 spiro atoms. The normalized spacial score (nSPS) is 19.9. The Hall–Kier alpha value is -1.14. The predicted molar refractivity (Wildman–Crippen MR) is 75.2 cm³/mol. The first-order valence-electron chi connectivity index (χ1n) is 7.46. The van der Waals surface area contributed by atoms with E-state index in [9.17, 15) is 9.59 Å². The predicted octanol–water partition coefficient (Wildman–Crippen LogP) is -0.260. The molecule has 0 aromatic heterocycles. The van der Waals surface area contributed by atoms with Crippen molar-refractivity contribution >= 4 is 11.8 Å². The maximum absolute atomic E-state index is 12.0. The van der Waals surface area contributed by atoms with Gasteiger partial charge in [-0.2, -0.15) is 0 Å². The Bertz CT molecular complexity index is 337. The molecule has 6 heteroatoms. The molecule has 6 nitrogen and oxygen atoms in total. The summed E-state index contributed by atoms with van der Waals surface area (Å²) in [5, 5.41) is 6.16. The van der Waals surface area contributed by atoms with Gasteiger partial charge in [-0.15, -0.1) is 0 Å². The third-order valence-corrected chi connectivity index (χ3v) is 3.89. The minimum absolute atomic E-state index is 0.0802. The smallest absolute Gasteiger partial charge is 0.246 e. The summed E-state index contributed by atoms with van der Waals surface area (Å²) in [4.78, 5) is 25.3. The van der Waals surface area contributed by atoms with E-state index in [4.69, 9.17) is 4.74 Å². The number of nitrogens with zero attached hydrogens (tertiary/aromatic N) is 1. The number of nitrogens with one attached hydrogen (secondary N) is 2. The first-order chi connectivity index (χ1) is 9.69. The largest absolute Gasteiger partial charge is 0.375 e. The van der Waals surface area contributed by atoms with E-state index in [2.05, 4.69) is 10.6 Å². The number of methoxy groups -OCH3 is 1. The molecule has 0 atom stereocenters. The number of amides is 2. The Morgan fingerprint density at radius 1 is 1.20 bits per heavy atom. The van der Waals surface area contributed by atoms with Crippen LogP contribution in [0.15, 0.2) is 0 Å². The number of likely N-dealkylation sites (tertiary alicyclic amines) is 1. The summed E-state index contributed by atoms with van der Waals surface area (Å²) in [6, 6.07) is 0.168. The molecule has 2 N–H and O–H groups in total. The number of ether oxygens (including phenoxy) is 1. The summed E-state index contributed by atoms with van der Waals surface area (Å²) in [6.45, 7) is 2.96. The lowest BCUT2D eigenvalue weighted by Crippen LogP contribution is -2.49. The van der Waals surface area contributed by atoms with Crippen molar-refractivity contribution < 1.29 is 14.3 Å². The van der Waals surface area contributed by atoms with Crippen molar-refractivity contribution in [1.82, 2.24) is 15.5 Å². The van der Waals surface area contributed by atoms with Gasteiger partial charge in [-0.05, 0) is 38.1 Å². The molecule has 2 amide bonds. The maximum Gasteiger partial charge on any atom is 0.246 e. The fourth-order valence-electron chi connectivity index (χ4n) is 2.49. The van der Waals surface area contributed by atoms with Gasteiger partial charge in [-0.3, -0.25) is 9.59 Å². The van der Waals surface area contributed by atoms with Crippen molar-refractivity contribution in [2.45, 2.75) is 31.7 Å². The first kappa shape index (κ1) is 15.3. The van der Waals surface area contributed by atoms with Gasteiger partial charge in [-0.25, -0.2) is 0 Å². The zero-order valence-electron chi connectivity index (χ0n) is 12.2. The Morgan fingerprint density at radius 2 is 1.90 bits per heavy atom. The van der Waals surface area contributed by atoms with Crippen LogP contribution in [0.3, 0.4) is 0 Å². The Morgan fingerprint density at radius 3 is 2.50 bits per heavy atom. The van der Waals surface area contributed by atoms with Crippen LogP contribution in [-0.4, -0.2) is 62.7 Å². The van der Waals surface area contributed by atoms with E-state index in [0.717, 1.165) is 38.4 Å². The van der Waals surface area contributed by atoms with E-state index in [0.29, 0.717) is 6.54 Å². The number of hydrogen-bond acceptors (Lipinski definition) is 4. The van der Waals surface area contributed by atoms with Crippen molar-refractivity contribution in [1.29, 1.82) is 0 Å². The van der Waals surface area contributed by atoms with Crippen LogP contribution in [0.4, 0.5) is 0 Å². The third-order valence-electron chi connectivity index (χ3n) is 3.89. The van der Waals surface area contributed by atoms with E-state index in [1.165, 1.54) is 20.0 Å². The second-order valence-corrected chi connectivity index (χ2v) is 5.73. The fraction of sp³-hybridized carbons (Fsp3) is 0.857. The molecular weight excluding hydrogens is 258 g/mol. The van der Waals surface area contributed by atoms with Crippen molar-refractivity contribution in [2.75, 3.05) is 39.9 Å². The van der Waals surface area contributed by atoms with E-state index >= 15 is 0 Å². The van der Waals surface area contributed by atoms with Gasteiger partial charge in [0.05, 0.1) is 6.54 Å². The van der Waals surface area contributed by atoms with Gasteiger partial charge in [0.25, 0.3) is 0 Å². The third kappa shape index (κ3) is 5.09. The Balaban J connectivity index is 1.59. The lowest BCUT2D eigenvalue weighted by molar-refractivity contribution is -0.131. The van der Waals surface area contributed by atoms with Gasteiger partial charge in [-0.1, -0.05) is 0 Å². The molecular formula is C14H25N3O3. The van der Waals surface area contributed by atoms with Crippen LogP contribution in [-0.2, 0) is 14.3 Å². The fourth-order valence-corrected chi connectivity index (χ4v) is 2.49. The molecule has 2 aliphatic rings. The standard InChI is InChI=1S/C14H25N3O3/c1-20-10-13(18)16-12-4-6-17(7-5-12)14(19)9-15-8-11-2-3-11/h11-12,15H,2-10H2,1H3,(H,16,18). The average Bonchev–Trinajstić information content (AvgIpc) is 3.24. The maximum atomic E-state index is 12.0. The number of piperidine rings is 1. The Labute approximate surface area is 120 Å². The second kappa shape index (κ2) is 7.59. The first-order valence-corrected chi connectivity index (χ1v) is 7.46. The highest BCUT2D eigenvalue weighted by molar-refractivity contribution is 5.79. The molecule has 2 fully saturated rings. The second-order valence-electron chi connectivity index (χ2n) is 5.73. The minimum Gasteiger partial charge on any atom is -0.375 e. The molecule has 0 bridgehead atoms. The summed E-state index contributed by atoms with van der Waals surface area (Å²) >= 11 is 0. The van der Waals surface area contributed by atoms with Crippen LogP contribution >= 0.6 is 0 Å². The zero-order valence-corrected chi connectivity index (χ0v) is 12.2. The number of carbonyl (C=O) groups is 2. The highest BCUT2D eigenvalue weighted by Crippen LogP contribution is 2.27. The zero-order chi connectivity index (χ0) is 14.4. The average molecular weight is 283 g/mol. The summed E-state index contributed by atoms with van der Waals surface area (Å²) in [6.07, 6.45) is 4.25. The van der Waals surface area contributed by atoms with Crippen molar-refractivity contribution in [2.24, 2.45) is 5.92 Å². The van der Waals surface area contributed by atoms with E-state index in [-0.39, 0.29) is 24.5 Å². The molecule has 1 saturated heterocycles. The molecule has 20 heavy (non-hydrogen) atoms. The van der Waals surface area contributed by atoms with Gasteiger partial charge >= 0.3 is 0 Å². The van der Waals surface area contributed by atoms with Crippen LogP contribution in [0.1, 0.15) is 25.7 Å². The molecule has 1 saturated carbocycles. The van der Waals surface area contributed by atoms with Crippen LogP contribution in [0, 0.1) is 5.92 Å². The lowest BCUT2D eigenvalue weighted by Gasteiger charge is -2.32. The van der Waals surface area contributed by atoms with Crippen LogP contribution < -0.4 is 10.6 Å². The molecule has 1 aliphatic carbocycles. The quantitative estimate of drug-likeness (QED) is 0.675. The van der Waals surface area contributed by atoms with Gasteiger partial charge in [0.15, 0.2) is 0 Å². The van der Waals surface area contributed by atoms with Crippen LogP contribution in [0.2, 0.25) is 0 Å². The van der Waals surface area contributed by atoms with E-state index in [1.54, 1.807) is 0 Å². The molecule has 0 unspecified atom stereocenters. The van der Waals surface area contributed by atoms with E-state index in [1.807, 2.05) is 4.90 Å². The number of carbonyl (C=O) groups excluding carboxylic acids is 2. The molecule has 2 rings (SSSR count). The summed E-state index contributed by atoms with van der Waals surface area (Å²) in [7, 11) is 1.51. The minimum atomic E-state index is -0.0802. The molecule has 0 aromatic rings. The van der Waals surface area contributed by atoms with Gasteiger partial charge in [0, 0.05) is 26.2 Å². The highest BCUT2D eigenvalue weighted by Gasteiger charge is 2.24. The van der Waals surface area contributed by atoms with Gasteiger partial charge < -0.3 is 20.3 Å².